The third-order valence-electron chi connectivity index (χ3n) is 4.79. The third kappa shape index (κ3) is 2.83. The predicted octanol–water partition coefficient (Wildman–Crippen LogP) is 3.27. The monoisotopic (exact) mass is 312 g/mol. The molecule has 0 atom stereocenters. The number of pyridine rings is 1. The van der Waals surface area contributed by atoms with Crippen LogP contribution in [0.25, 0.3) is 10.9 Å². The van der Waals surface area contributed by atoms with Crippen LogP contribution in [0.4, 0.5) is 0 Å². The fourth-order valence-corrected chi connectivity index (χ4v) is 3.32. The highest BCUT2D eigenvalue weighted by atomic mass is 16.7. The Morgan fingerprint density at radius 3 is 2.65 bits per heavy atom. The minimum absolute atomic E-state index is 0.0448. The Labute approximate surface area is 135 Å². The van der Waals surface area contributed by atoms with Crippen LogP contribution in [0.2, 0.25) is 0 Å². The first-order valence-corrected chi connectivity index (χ1v) is 8.19. The van der Waals surface area contributed by atoms with Gasteiger partial charge >= 0.3 is 0 Å². The zero-order valence-electron chi connectivity index (χ0n) is 13.2. The molecular formula is C18H20N2O3. The lowest BCUT2D eigenvalue weighted by Gasteiger charge is -2.26. The van der Waals surface area contributed by atoms with Crippen molar-refractivity contribution in [1.29, 1.82) is 0 Å². The Morgan fingerprint density at radius 1 is 1.13 bits per heavy atom. The molecule has 23 heavy (non-hydrogen) atoms. The van der Waals surface area contributed by atoms with Gasteiger partial charge in [-0.15, -0.1) is 0 Å². The number of ether oxygens (including phenoxy) is 2. The van der Waals surface area contributed by atoms with Gasteiger partial charge in [-0.3, -0.25) is 9.78 Å². The van der Waals surface area contributed by atoms with Crippen molar-refractivity contribution in [3.63, 3.8) is 0 Å². The summed E-state index contributed by atoms with van der Waals surface area (Å²) in [4.78, 5) is 16.9. The maximum Gasteiger partial charge on any atom is 0.253 e. The second kappa shape index (κ2) is 5.72. The molecule has 1 aromatic heterocycles. The Hall–Kier alpha value is -2.30. The molecule has 5 heteroatoms. The number of amides is 1. The van der Waals surface area contributed by atoms with E-state index in [1.54, 1.807) is 6.20 Å². The van der Waals surface area contributed by atoms with E-state index >= 15 is 0 Å². The molecule has 4 rings (SSSR count). The lowest BCUT2D eigenvalue weighted by atomic mass is 9.87. The predicted molar refractivity (Wildman–Crippen MR) is 86.8 cm³/mol. The van der Waals surface area contributed by atoms with Crippen molar-refractivity contribution < 1.29 is 14.3 Å². The number of fused-ring (bicyclic) bond motifs is 2. The van der Waals surface area contributed by atoms with E-state index < -0.39 is 0 Å². The fourth-order valence-electron chi connectivity index (χ4n) is 3.32. The summed E-state index contributed by atoms with van der Waals surface area (Å²) in [7, 11) is 0. The maximum atomic E-state index is 12.5. The van der Waals surface area contributed by atoms with E-state index in [9.17, 15) is 4.79 Å². The first kappa shape index (κ1) is 14.3. The van der Waals surface area contributed by atoms with Crippen LogP contribution in [0.15, 0.2) is 24.4 Å². The Kier molecular flexibility index (Phi) is 3.56. The summed E-state index contributed by atoms with van der Waals surface area (Å²) in [6.07, 6.45) is 6.12. The molecule has 1 N–H and O–H groups in total. The van der Waals surface area contributed by atoms with Crippen LogP contribution in [0.1, 0.15) is 43.0 Å². The number of nitrogens with zero attached hydrogens (tertiary/aromatic N) is 1. The summed E-state index contributed by atoms with van der Waals surface area (Å²) in [5.41, 5.74) is 1.40. The Balaban J connectivity index is 1.54. The molecule has 5 nitrogen and oxygen atoms in total. The first-order valence-electron chi connectivity index (χ1n) is 8.19. The SMILES string of the molecule is CC1CCC(NC(=O)c2cnc3cc4c(cc3c2)OCO4)CC1. The third-order valence-corrected chi connectivity index (χ3v) is 4.79. The normalized spacial score (nSPS) is 23.0. The van der Waals surface area contributed by atoms with E-state index in [1.807, 2.05) is 18.2 Å². The van der Waals surface area contributed by atoms with Gasteiger partial charge in [0, 0.05) is 23.7 Å². The molecule has 2 aliphatic rings. The number of carbonyl (C=O) groups excluding carboxylic acids is 1. The minimum Gasteiger partial charge on any atom is -0.454 e. The van der Waals surface area contributed by atoms with Gasteiger partial charge in [0.05, 0.1) is 11.1 Å². The molecule has 0 bridgehead atoms. The van der Waals surface area contributed by atoms with E-state index in [-0.39, 0.29) is 18.7 Å². The van der Waals surface area contributed by atoms with Crippen LogP contribution in [-0.2, 0) is 0 Å². The molecule has 120 valence electrons. The number of benzene rings is 1. The summed E-state index contributed by atoms with van der Waals surface area (Å²) >= 11 is 0. The molecule has 0 saturated heterocycles. The van der Waals surface area contributed by atoms with Gasteiger partial charge in [0.25, 0.3) is 5.91 Å². The van der Waals surface area contributed by atoms with Crippen molar-refractivity contribution >= 4 is 16.8 Å². The summed E-state index contributed by atoms with van der Waals surface area (Å²) in [6.45, 7) is 2.51. The lowest BCUT2D eigenvalue weighted by molar-refractivity contribution is 0.0923. The average molecular weight is 312 g/mol. The molecule has 0 unspecified atom stereocenters. The molecule has 1 fully saturated rings. The van der Waals surface area contributed by atoms with Crippen molar-refractivity contribution in [2.24, 2.45) is 5.92 Å². The quantitative estimate of drug-likeness (QED) is 0.924. The van der Waals surface area contributed by atoms with Crippen LogP contribution < -0.4 is 14.8 Å². The molecule has 1 aromatic carbocycles. The van der Waals surface area contributed by atoms with Crippen LogP contribution in [0.3, 0.4) is 0 Å². The topological polar surface area (TPSA) is 60.5 Å². The van der Waals surface area contributed by atoms with Crippen LogP contribution in [0, 0.1) is 5.92 Å². The van der Waals surface area contributed by atoms with Crippen LogP contribution >= 0.6 is 0 Å². The molecular weight excluding hydrogens is 292 g/mol. The molecule has 1 amide bonds. The second-order valence-corrected chi connectivity index (χ2v) is 6.55. The van der Waals surface area contributed by atoms with E-state index in [2.05, 4.69) is 17.2 Å². The number of carbonyl (C=O) groups is 1. The summed E-state index contributed by atoms with van der Waals surface area (Å²) in [5.74, 6) is 2.14. The van der Waals surface area contributed by atoms with Gasteiger partial charge in [-0.25, -0.2) is 0 Å². The molecule has 1 aliphatic heterocycles. The minimum atomic E-state index is -0.0448. The van der Waals surface area contributed by atoms with Gasteiger partial charge in [0.15, 0.2) is 11.5 Å². The van der Waals surface area contributed by atoms with Crippen molar-refractivity contribution in [2.45, 2.75) is 38.6 Å². The highest BCUT2D eigenvalue weighted by Gasteiger charge is 2.21. The number of nitrogens with one attached hydrogen (secondary N) is 1. The van der Waals surface area contributed by atoms with E-state index in [0.717, 1.165) is 29.7 Å². The van der Waals surface area contributed by atoms with Crippen molar-refractivity contribution in [3.05, 3.63) is 30.0 Å². The van der Waals surface area contributed by atoms with Gasteiger partial charge in [0.1, 0.15) is 0 Å². The molecule has 0 spiro atoms. The molecule has 1 aliphatic carbocycles. The average Bonchev–Trinajstić information content (AvgIpc) is 3.01. The number of hydrogen-bond donors (Lipinski definition) is 1. The van der Waals surface area contributed by atoms with E-state index in [4.69, 9.17) is 9.47 Å². The van der Waals surface area contributed by atoms with E-state index in [0.29, 0.717) is 17.1 Å². The summed E-state index contributed by atoms with van der Waals surface area (Å²) in [5, 5.41) is 4.03. The lowest BCUT2D eigenvalue weighted by Crippen LogP contribution is -2.37. The first-order chi connectivity index (χ1) is 11.2. The van der Waals surface area contributed by atoms with Crippen molar-refractivity contribution in [3.8, 4) is 11.5 Å². The number of hydrogen-bond acceptors (Lipinski definition) is 4. The summed E-state index contributed by atoms with van der Waals surface area (Å²) < 4.78 is 10.7. The van der Waals surface area contributed by atoms with Crippen LogP contribution in [-0.4, -0.2) is 23.7 Å². The van der Waals surface area contributed by atoms with Gasteiger partial charge in [-0.2, -0.15) is 0 Å². The molecule has 1 saturated carbocycles. The van der Waals surface area contributed by atoms with Gasteiger partial charge < -0.3 is 14.8 Å². The molecule has 0 radical (unpaired) electrons. The molecule has 2 aromatic rings. The Bertz CT molecular complexity index is 751. The smallest absolute Gasteiger partial charge is 0.253 e. The zero-order valence-corrected chi connectivity index (χ0v) is 13.2. The fraction of sp³-hybridized carbons (Fsp3) is 0.444. The zero-order chi connectivity index (χ0) is 15.8. The largest absolute Gasteiger partial charge is 0.454 e. The maximum absolute atomic E-state index is 12.5. The van der Waals surface area contributed by atoms with Gasteiger partial charge in [-0.05, 0) is 43.7 Å². The summed E-state index contributed by atoms with van der Waals surface area (Å²) in [6, 6.07) is 5.88. The van der Waals surface area contributed by atoms with Crippen molar-refractivity contribution in [1.82, 2.24) is 10.3 Å². The standard InChI is InChI=1S/C18H20N2O3/c1-11-2-4-14(5-3-11)20-18(21)13-6-12-7-16-17(23-10-22-16)8-15(12)19-9-13/h6-9,11,14H,2-5,10H2,1H3,(H,20,21). The van der Waals surface area contributed by atoms with Crippen molar-refractivity contribution in [2.75, 3.05) is 6.79 Å². The second-order valence-electron chi connectivity index (χ2n) is 6.55. The van der Waals surface area contributed by atoms with Gasteiger partial charge in [-0.1, -0.05) is 6.92 Å². The van der Waals surface area contributed by atoms with E-state index in [1.165, 1.54) is 12.8 Å². The number of rotatable bonds is 2. The Morgan fingerprint density at radius 2 is 1.87 bits per heavy atom. The molecule has 2 heterocycles. The van der Waals surface area contributed by atoms with Crippen LogP contribution in [0.5, 0.6) is 11.5 Å². The van der Waals surface area contributed by atoms with Gasteiger partial charge in [0.2, 0.25) is 6.79 Å². The number of aromatic nitrogens is 1. The highest BCUT2D eigenvalue weighted by Crippen LogP contribution is 2.35. The highest BCUT2D eigenvalue weighted by molar-refractivity contribution is 5.98.